The molecule has 0 amide bonds. The number of benzene rings is 1. The number of hydrogen-bond donors (Lipinski definition) is 2. The molecule has 0 fully saturated rings. The number of rotatable bonds is 4. The second-order valence-electron chi connectivity index (χ2n) is 3.81. The summed E-state index contributed by atoms with van der Waals surface area (Å²) in [6.45, 7) is 0.717. The zero-order chi connectivity index (χ0) is 12.1. The molecule has 0 spiro atoms. The van der Waals surface area contributed by atoms with Gasteiger partial charge >= 0.3 is 0 Å². The van der Waals surface area contributed by atoms with Gasteiger partial charge in [0.25, 0.3) is 0 Å². The number of hydrogen-bond acceptors (Lipinski definition) is 3. The number of pyridine rings is 1. The molecule has 0 unspecified atom stereocenters. The Morgan fingerprint density at radius 2 is 2.18 bits per heavy atom. The Labute approximate surface area is 99.5 Å². The smallest absolute Gasteiger partial charge is 0.127 e. The first-order chi connectivity index (χ1) is 8.24. The molecule has 0 aliphatic heterocycles. The number of halogens is 1. The Balaban J connectivity index is 1.90. The van der Waals surface area contributed by atoms with E-state index >= 15 is 0 Å². The molecule has 2 aromatic rings. The van der Waals surface area contributed by atoms with E-state index in [2.05, 4.69) is 10.3 Å². The molecule has 0 aliphatic rings. The first-order valence-corrected chi connectivity index (χ1v) is 5.43. The van der Waals surface area contributed by atoms with E-state index in [0.29, 0.717) is 17.9 Å². The topological polar surface area (TPSA) is 50.9 Å². The highest BCUT2D eigenvalue weighted by Gasteiger charge is 1.98. The van der Waals surface area contributed by atoms with Crippen LogP contribution in [0.5, 0.6) is 0 Å². The normalized spacial score (nSPS) is 10.2. The molecule has 3 N–H and O–H groups in total. The minimum Gasteiger partial charge on any atom is -0.399 e. The largest absolute Gasteiger partial charge is 0.399 e. The Bertz CT molecular complexity index is 465. The Kier molecular flexibility index (Phi) is 3.55. The van der Waals surface area contributed by atoms with Crippen LogP contribution in [0.1, 0.15) is 5.56 Å². The van der Waals surface area contributed by atoms with E-state index in [4.69, 9.17) is 5.73 Å². The van der Waals surface area contributed by atoms with Gasteiger partial charge in [-0.1, -0.05) is 6.07 Å². The van der Waals surface area contributed by atoms with Crippen LogP contribution in [0, 0.1) is 5.82 Å². The van der Waals surface area contributed by atoms with Crippen LogP contribution in [0.4, 0.5) is 15.8 Å². The van der Waals surface area contributed by atoms with Crippen LogP contribution in [0.2, 0.25) is 0 Å². The lowest BCUT2D eigenvalue weighted by molar-refractivity contribution is 0.629. The van der Waals surface area contributed by atoms with E-state index in [1.165, 1.54) is 12.1 Å². The summed E-state index contributed by atoms with van der Waals surface area (Å²) >= 11 is 0. The van der Waals surface area contributed by atoms with Gasteiger partial charge in [-0.15, -0.1) is 0 Å². The lowest BCUT2D eigenvalue weighted by Gasteiger charge is -2.07. The molecule has 0 saturated carbocycles. The second-order valence-corrected chi connectivity index (χ2v) is 3.81. The van der Waals surface area contributed by atoms with E-state index in [1.54, 1.807) is 12.3 Å². The lowest BCUT2D eigenvalue weighted by Crippen LogP contribution is -2.05. The van der Waals surface area contributed by atoms with Crippen LogP contribution in [-0.4, -0.2) is 11.5 Å². The molecule has 0 radical (unpaired) electrons. The van der Waals surface area contributed by atoms with Crippen LogP contribution in [0.3, 0.4) is 0 Å². The molecule has 2 rings (SSSR count). The summed E-state index contributed by atoms with van der Waals surface area (Å²) in [6, 6.07) is 8.35. The quantitative estimate of drug-likeness (QED) is 0.795. The summed E-state index contributed by atoms with van der Waals surface area (Å²) in [5.74, 6) is -0.325. The summed E-state index contributed by atoms with van der Waals surface area (Å²) in [7, 11) is 0. The molecule has 88 valence electrons. The summed E-state index contributed by atoms with van der Waals surface area (Å²) in [4.78, 5) is 4.03. The molecule has 0 saturated heterocycles. The fraction of sp³-hybridized carbons (Fsp3) is 0.154. The lowest BCUT2D eigenvalue weighted by atomic mass is 10.2. The number of anilines is 2. The van der Waals surface area contributed by atoms with Crippen LogP contribution in [0.15, 0.2) is 42.7 Å². The maximum absolute atomic E-state index is 13.0. The highest BCUT2D eigenvalue weighted by atomic mass is 19.1. The van der Waals surface area contributed by atoms with Crippen molar-refractivity contribution in [2.75, 3.05) is 17.6 Å². The van der Waals surface area contributed by atoms with Crippen LogP contribution >= 0.6 is 0 Å². The first-order valence-electron chi connectivity index (χ1n) is 5.43. The molecule has 1 aromatic carbocycles. The molecule has 1 heterocycles. The van der Waals surface area contributed by atoms with Crippen LogP contribution < -0.4 is 11.1 Å². The summed E-state index contributed by atoms with van der Waals surface area (Å²) in [5.41, 5.74) is 7.82. The monoisotopic (exact) mass is 231 g/mol. The van der Waals surface area contributed by atoms with Gasteiger partial charge in [0, 0.05) is 30.3 Å². The number of nitrogens with one attached hydrogen (secondary N) is 1. The van der Waals surface area contributed by atoms with Gasteiger partial charge in [0.2, 0.25) is 0 Å². The van der Waals surface area contributed by atoms with Gasteiger partial charge in [0.15, 0.2) is 0 Å². The molecular weight excluding hydrogens is 217 g/mol. The second kappa shape index (κ2) is 5.30. The predicted octanol–water partition coefficient (Wildman–Crippen LogP) is 2.46. The Hall–Kier alpha value is -2.10. The van der Waals surface area contributed by atoms with Crippen molar-refractivity contribution in [2.45, 2.75) is 6.42 Å². The Morgan fingerprint density at radius 3 is 2.88 bits per heavy atom. The maximum atomic E-state index is 13.0. The zero-order valence-electron chi connectivity index (χ0n) is 9.36. The number of nitrogens with zero attached hydrogens (tertiary/aromatic N) is 1. The molecular formula is C13H14FN3. The summed E-state index contributed by atoms with van der Waals surface area (Å²) in [6.07, 6.45) is 4.40. The predicted molar refractivity (Wildman–Crippen MR) is 67.2 cm³/mol. The number of nitrogens with two attached hydrogens (primary N) is 1. The average molecular weight is 231 g/mol. The molecule has 0 atom stereocenters. The zero-order valence-corrected chi connectivity index (χ0v) is 9.36. The minimum absolute atomic E-state index is 0.325. The highest BCUT2D eigenvalue weighted by molar-refractivity contribution is 5.54. The van der Waals surface area contributed by atoms with Gasteiger partial charge in [-0.25, -0.2) is 4.39 Å². The van der Waals surface area contributed by atoms with Gasteiger partial charge in [-0.3, -0.25) is 4.98 Å². The van der Waals surface area contributed by atoms with Crippen LogP contribution in [0.25, 0.3) is 0 Å². The van der Waals surface area contributed by atoms with E-state index in [0.717, 1.165) is 12.0 Å². The minimum atomic E-state index is -0.325. The Morgan fingerprint density at radius 1 is 1.29 bits per heavy atom. The van der Waals surface area contributed by atoms with E-state index in [-0.39, 0.29) is 5.82 Å². The first kappa shape index (κ1) is 11.4. The van der Waals surface area contributed by atoms with Gasteiger partial charge < -0.3 is 11.1 Å². The summed E-state index contributed by atoms with van der Waals surface area (Å²) in [5, 5.41) is 3.13. The van der Waals surface area contributed by atoms with Gasteiger partial charge in [0.05, 0.1) is 0 Å². The van der Waals surface area contributed by atoms with Gasteiger partial charge in [-0.2, -0.15) is 0 Å². The van der Waals surface area contributed by atoms with Crippen molar-refractivity contribution in [1.29, 1.82) is 0 Å². The maximum Gasteiger partial charge on any atom is 0.127 e. The van der Waals surface area contributed by atoms with Crippen molar-refractivity contribution in [1.82, 2.24) is 4.98 Å². The van der Waals surface area contributed by atoms with Crippen molar-refractivity contribution < 1.29 is 4.39 Å². The van der Waals surface area contributed by atoms with Crippen molar-refractivity contribution in [3.63, 3.8) is 0 Å². The molecule has 17 heavy (non-hydrogen) atoms. The summed E-state index contributed by atoms with van der Waals surface area (Å²) < 4.78 is 13.0. The van der Waals surface area contributed by atoms with Crippen molar-refractivity contribution in [2.24, 2.45) is 0 Å². The number of aromatic nitrogens is 1. The fourth-order valence-electron chi connectivity index (χ4n) is 1.61. The standard InChI is InChI=1S/C13H14FN3/c14-11-6-12(15)8-13(7-11)17-5-3-10-2-1-4-16-9-10/h1-2,4,6-9,17H,3,5,15H2. The van der Waals surface area contributed by atoms with Gasteiger partial charge in [-0.05, 0) is 36.2 Å². The molecule has 3 nitrogen and oxygen atoms in total. The molecule has 1 aromatic heterocycles. The van der Waals surface area contributed by atoms with Crippen LogP contribution in [-0.2, 0) is 6.42 Å². The third-order valence-electron chi connectivity index (χ3n) is 2.39. The average Bonchev–Trinajstić information content (AvgIpc) is 2.29. The van der Waals surface area contributed by atoms with Crippen molar-refractivity contribution in [3.8, 4) is 0 Å². The SMILES string of the molecule is Nc1cc(F)cc(NCCc2cccnc2)c1. The van der Waals surface area contributed by atoms with Crippen molar-refractivity contribution in [3.05, 3.63) is 54.1 Å². The van der Waals surface area contributed by atoms with Crippen molar-refractivity contribution >= 4 is 11.4 Å². The van der Waals surface area contributed by atoms with E-state index < -0.39 is 0 Å². The molecule has 0 bridgehead atoms. The number of nitrogen functional groups attached to an aromatic ring is 1. The molecule has 4 heteroatoms. The van der Waals surface area contributed by atoms with Gasteiger partial charge in [0.1, 0.15) is 5.82 Å². The third-order valence-corrected chi connectivity index (χ3v) is 2.39. The third kappa shape index (κ3) is 3.45. The van der Waals surface area contributed by atoms with E-state index in [9.17, 15) is 4.39 Å². The molecule has 0 aliphatic carbocycles. The van der Waals surface area contributed by atoms with E-state index in [1.807, 2.05) is 18.3 Å². The fourth-order valence-corrected chi connectivity index (χ4v) is 1.61. The highest BCUT2D eigenvalue weighted by Crippen LogP contribution is 2.15.